The average molecular weight is 371 g/mol. The summed E-state index contributed by atoms with van der Waals surface area (Å²) in [6, 6.07) is 6.86. The van der Waals surface area contributed by atoms with Gasteiger partial charge in [0.25, 0.3) is 0 Å². The quantitative estimate of drug-likeness (QED) is 0.439. The van der Waals surface area contributed by atoms with Gasteiger partial charge in [-0.15, -0.1) is 0 Å². The first-order valence-corrected chi connectivity index (χ1v) is 9.85. The first kappa shape index (κ1) is 19.6. The van der Waals surface area contributed by atoms with Crippen molar-refractivity contribution in [3.8, 4) is 0 Å². The van der Waals surface area contributed by atoms with Gasteiger partial charge in [-0.05, 0) is 51.1 Å². The minimum Gasteiger partial charge on any atom is -0.355 e. The van der Waals surface area contributed by atoms with E-state index in [4.69, 9.17) is 1.37 Å². The first-order valence-electron chi connectivity index (χ1n) is 7.68. The van der Waals surface area contributed by atoms with E-state index in [-0.39, 0.29) is 57.4 Å². The zero-order valence-corrected chi connectivity index (χ0v) is 18.3. The Kier molecular flexibility index (Phi) is 7.94. The average Bonchev–Trinajstić information content (AvgIpc) is 2.49. The number of carbonyl (C=O) groups is 1. The van der Waals surface area contributed by atoms with Crippen LogP contribution in [0.5, 0.6) is 0 Å². The predicted molar refractivity (Wildman–Crippen MR) is 93.5 cm³/mol. The van der Waals surface area contributed by atoms with E-state index in [1.807, 2.05) is 13.0 Å². The summed E-state index contributed by atoms with van der Waals surface area (Å²) < 4.78 is 19.6. The summed E-state index contributed by atoms with van der Waals surface area (Å²) in [6.45, 7) is 5.03. The molecule has 6 nitrogen and oxygen atoms in total. The zero-order chi connectivity index (χ0) is 17.7. The molecule has 0 bridgehead atoms. The number of aromatic nitrogens is 2. The van der Waals surface area contributed by atoms with Gasteiger partial charge in [0.1, 0.15) is 0 Å². The van der Waals surface area contributed by atoms with Gasteiger partial charge in [0.2, 0.25) is 5.95 Å². The van der Waals surface area contributed by atoms with Gasteiger partial charge < -0.3 is 20.0 Å². The molecule has 0 aliphatic rings. The summed E-state index contributed by atoms with van der Waals surface area (Å²) in [5.74, 6) is -0.0410. The topological polar surface area (TPSA) is 84.0 Å². The number of nitrogens with one attached hydrogen (secondary N) is 2. The fourth-order valence-corrected chi connectivity index (χ4v) is 2.48. The van der Waals surface area contributed by atoms with Crippen molar-refractivity contribution in [2.75, 3.05) is 24.0 Å². The van der Waals surface area contributed by atoms with Crippen LogP contribution in [0.3, 0.4) is 0 Å². The summed E-state index contributed by atoms with van der Waals surface area (Å²) in [5, 5.41) is 5.63. The van der Waals surface area contributed by atoms with Crippen molar-refractivity contribution < 1.29 is 62.1 Å². The van der Waals surface area contributed by atoms with Crippen molar-refractivity contribution in [2.45, 2.75) is 13.3 Å². The Hall–Kier alpha value is -0.694. The molecule has 1 aromatic heterocycles. The second kappa shape index (κ2) is 9.70. The molecule has 0 aliphatic heterocycles. The van der Waals surface area contributed by atoms with Crippen molar-refractivity contribution in [3.05, 3.63) is 48.4 Å². The predicted octanol–water partition coefficient (Wildman–Crippen LogP) is 0.510. The Morgan fingerprint density at radius 1 is 1.38 bits per heavy atom. The number of hydrogen-bond acceptors (Lipinski definition) is 5. The number of nitrogens with zero attached hydrogens (tertiary/aromatic N) is 2. The summed E-state index contributed by atoms with van der Waals surface area (Å²) in [7, 11) is -2.55. The number of anilines is 3. The second-order valence-electron chi connectivity index (χ2n) is 5.39. The van der Waals surface area contributed by atoms with Gasteiger partial charge in [0.05, 0.1) is 7.28 Å². The van der Waals surface area contributed by atoms with Crippen molar-refractivity contribution in [2.24, 2.45) is 0 Å². The molecule has 0 radical (unpaired) electrons. The van der Waals surface area contributed by atoms with Crippen LogP contribution in [0.1, 0.15) is 14.0 Å². The van der Waals surface area contributed by atoms with Crippen LogP contribution in [-0.2, 0) is 15.8 Å². The molecular formula is C16H20KN4O2P. The van der Waals surface area contributed by atoms with Gasteiger partial charge in [0, 0.05) is 23.3 Å². The van der Waals surface area contributed by atoms with Crippen LogP contribution in [0.2, 0.25) is 0 Å². The molecule has 1 heterocycles. The van der Waals surface area contributed by atoms with Crippen LogP contribution in [0.25, 0.3) is 0 Å². The maximum atomic E-state index is 11.8. The van der Waals surface area contributed by atoms with Gasteiger partial charge in [-0.2, -0.15) is 0 Å². The standard InChI is InChI=1S/C16H20N4O2P.K/c1-4-12-8-9-17-16(19-12)20-14-7-5-6-13(10-14)18-15(21)11-23(2,3)22;/h5-11H,4H2,1-3H3,(H,18,21)(H,17,19,20);/q-1;+1/i7D;. The normalized spacial score (nSPS) is 11.0. The fourth-order valence-electron chi connectivity index (χ4n) is 1.85. The molecule has 0 atom stereocenters. The maximum Gasteiger partial charge on any atom is 1.00 e. The van der Waals surface area contributed by atoms with Crippen molar-refractivity contribution >= 4 is 30.4 Å². The Labute approximate surface area is 186 Å². The molecule has 122 valence electrons. The van der Waals surface area contributed by atoms with Crippen LogP contribution < -0.4 is 62.0 Å². The van der Waals surface area contributed by atoms with E-state index >= 15 is 0 Å². The third-order valence-corrected chi connectivity index (χ3v) is 3.68. The first-order chi connectivity index (χ1) is 11.3. The van der Waals surface area contributed by atoms with Crippen molar-refractivity contribution in [3.63, 3.8) is 0 Å². The molecule has 0 fully saturated rings. The SMILES string of the molecule is [2H]c1ccc(NC(=O)[CH-]P(C)(C)=O)cc1Nc1nccc(CC)n1.[K+]. The van der Waals surface area contributed by atoms with E-state index in [9.17, 15) is 9.36 Å². The van der Waals surface area contributed by atoms with E-state index in [0.717, 1.165) is 12.1 Å². The summed E-state index contributed by atoms with van der Waals surface area (Å²) in [4.78, 5) is 20.3. The van der Waals surface area contributed by atoms with Gasteiger partial charge in [-0.25, -0.2) is 16.1 Å². The second-order valence-corrected chi connectivity index (χ2v) is 8.52. The Morgan fingerprint density at radius 2 is 2.12 bits per heavy atom. The van der Waals surface area contributed by atoms with Crippen LogP contribution in [-0.4, -0.2) is 29.2 Å². The number of benzene rings is 1. The maximum absolute atomic E-state index is 11.8. The van der Waals surface area contributed by atoms with Gasteiger partial charge in [-0.1, -0.05) is 13.0 Å². The Bertz CT molecular complexity index is 797. The molecule has 0 aliphatic carbocycles. The van der Waals surface area contributed by atoms with Crippen molar-refractivity contribution in [1.82, 2.24) is 9.97 Å². The summed E-state index contributed by atoms with van der Waals surface area (Å²) in [6.07, 6.45) is 3.62. The van der Waals surface area contributed by atoms with E-state index in [0.29, 0.717) is 17.3 Å². The fraction of sp³-hybridized carbons (Fsp3) is 0.250. The molecular weight excluding hydrogens is 350 g/mol. The minimum atomic E-state index is -2.55. The molecule has 1 aromatic carbocycles. The van der Waals surface area contributed by atoms with E-state index in [2.05, 4.69) is 20.6 Å². The van der Waals surface area contributed by atoms with Crippen LogP contribution in [0.4, 0.5) is 17.3 Å². The Morgan fingerprint density at radius 3 is 2.79 bits per heavy atom. The molecule has 2 aromatic rings. The number of carbonyl (C=O) groups excluding carboxylic acids is 1. The summed E-state index contributed by atoms with van der Waals surface area (Å²) in [5.41, 5.74) is 1.85. The largest absolute Gasteiger partial charge is 1.00 e. The number of rotatable bonds is 6. The molecule has 0 saturated heterocycles. The Balaban J connectivity index is 0.00000312. The number of aryl methyl sites for hydroxylation is 1. The third kappa shape index (κ3) is 7.46. The summed E-state index contributed by atoms with van der Waals surface area (Å²) >= 11 is 0. The van der Waals surface area contributed by atoms with Crippen LogP contribution >= 0.6 is 7.14 Å². The zero-order valence-electron chi connectivity index (χ0n) is 15.3. The van der Waals surface area contributed by atoms with E-state index in [1.165, 1.54) is 19.5 Å². The third-order valence-electron chi connectivity index (χ3n) is 2.82. The van der Waals surface area contributed by atoms with Gasteiger partial charge >= 0.3 is 51.4 Å². The molecule has 1 amide bonds. The minimum absolute atomic E-state index is 0. The molecule has 8 heteroatoms. The molecule has 0 saturated carbocycles. The smallest absolute Gasteiger partial charge is 0.355 e. The molecule has 2 rings (SSSR count). The number of hydrogen-bond donors (Lipinski definition) is 2. The van der Waals surface area contributed by atoms with Crippen LogP contribution in [0, 0.1) is 6.16 Å². The monoisotopic (exact) mass is 371 g/mol. The van der Waals surface area contributed by atoms with Crippen LogP contribution in [0.15, 0.2) is 36.5 Å². The number of amides is 1. The molecule has 0 spiro atoms. The van der Waals surface area contributed by atoms with Crippen molar-refractivity contribution in [1.29, 1.82) is 0 Å². The molecule has 2 N–H and O–H groups in total. The van der Waals surface area contributed by atoms with Gasteiger partial charge in [0.15, 0.2) is 0 Å². The van der Waals surface area contributed by atoms with E-state index in [1.54, 1.807) is 24.4 Å². The van der Waals surface area contributed by atoms with E-state index < -0.39 is 13.0 Å². The molecule has 0 unspecified atom stereocenters. The molecule has 24 heavy (non-hydrogen) atoms. The van der Waals surface area contributed by atoms with Gasteiger partial charge in [-0.3, -0.25) is 0 Å².